The lowest BCUT2D eigenvalue weighted by molar-refractivity contribution is 0.0954. The van der Waals surface area contributed by atoms with Gasteiger partial charge in [-0.15, -0.1) is 0 Å². The maximum Gasteiger partial charge on any atom is 0.251 e. The molecule has 0 radical (unpaired) electrons. The Balaban J connectivity index is 2.69. The molecule has 1 aromatic rings. The highest BCUT2D eigenvalue weighted by molar-refractivity contribution is 5.94. The number of hydrogen-bond acceptors (Lipinski definition) is 3. The van der Waals surface area contributed by atoms with E-state index in [0.717, 1.165) is 0 Å². The van der Waals surface area contributed by atoms with Gasteiger partial charge in [0, 0.05) is 18.7 Å². The van der Waals surface area contributed by atoms with Crippen molar-refractivity contribution in [2.75, 3.05) is 20.2 Å². The van der Waals surface area contributed by atoms with Gasteiger partial charge in [0.1, 0.15) is 5.75 Å². The molecule has 14 heavy (non-hydrogen) atoms. The largest absolute Gasteiger partial charge is 0.497 e. The van der Waals surface area contributed by atoms with Gasteiger partial charge in [0.25, 0.3) is 5.91 Å². The van der Waals surface area contributed by atoms with Crippen LogP contribution in [0, 0.1) is 0 Å². The third-order valence-corrected chi connectivity index (χ3v) is 1.76. The minimum atomic E-state index is -0.130. The fourth-order valence-electron chi connectivity index (χ4n) is 1.05. The van der Waals surface area contributed by atoms with E-state index in [9.17, 15) is 4.79 Å². The Morgan fingerprint density at radius 2 is 2.36 bits per heavy atom. The Bertz CT molecular complexity index is 313. The zero-order valence-electron chi connectivity index (χ0n) is 8.12. The van der Waals surface area contributed by atoms with Crippen molar-refractivity contribution < 1.29 is 9.53 Å². The highest BCUT2D eigenvalue weighted by Crippen LogP contribution is 2.11. The first-order valence-electron chi connectivity index (χ1n) is 4.40. The lowest BCUT2D eigenvalue weighted by atomic mass is 10.2. The molecule has 0 saturated heterocycles. The van der Waals surface area contributed by atoms with Gasteiger partial charge in [-0.3, -0.25) is 4.79 Å². The molecular formula is C10H14N2O2. The molecule has 1 rings (SSSR count). The summed E-state index contributed by atoms with van der Waals surface area (Å²) in [6.07, 6.45) is 0. The number of carbonyl (C=O) groups is 1. The average molecular weight is 194 g/mol. The first kappa shape index (κ1) is 10.5. The second-order valence-corrected chi connectivity index (χ2v) is 2.78. The number of carbonyl (C=O) groups excluding carboxylic acids is 1. The molecule has 3 N–H and O–H groups in total. The van der Waals surface area contributed by atoms with Crippen LogP contribution in [0.5, 0.6) is 5.75 Å². The normalized spacial score (nSPS) is 9.57. The average Bonchev–Trinajstić information content (AvgIpc) is 2.26. The van der Waals surface area contributed by atoms with Crippen LogP contribution in [0.4, 0.5) is 0 Å². The molecule has 0 atom stereocenters. The van der Waals surface area contributed by atoms with Gasteiger partial charge in [-0.2, -0.15) is 0 Å². The fourth-order valence-corrected chi connectivity index (χ4v) is 1.05. The Kier molecular flexibility index (Phi) is 3.94. The molecule has 0 saturated carbocycles. The fraction of sp³-hybridized carbons (Fsp3) is 0.300. The van der Waals surface area contributed by atoms with Gasteiger partial charge in [-0.05, 0) is 18.2 Å². The molecule has 0 bridgehead atoms. The molecule has 0 spiro atoms. The molecule has 0 heterocycles. The van der Waals surface area contributed by atoms with Crippen molar-refractivity contribution in [3.05, 3.63) is 29.8 Å². The van der Waals surface area contributed by atoms with Crippen LogP contribution in [0.2, 0.25) is 0 Å². The lowest BCUT2D eigenvalue weighted by Gasteiger charge is -2.04. The molecule has 1 aromatic carbocycles. The Morgan fingerprint density at radius 3 is 3.00 bits per heavy atom. The minimum absolute atomic E-state index is 0.130. The maximum absolute atomic E-state index is 11.4. The van der Waals surface area contributed by atoms with Crippen molar-refractivity contribution in [3.63, 3.8) is 0 Å². The predicted molar refractivity (Wildman–Crippen MR) is 54.4 cm³/mol. The summed E-state index contributed by atoms with van der Waals surface area (Å²) in [6.45, 7) is 0.922. The van der Waals surface area contributed by atoms with Crippen LogP contribution in [-0.4, -0.2) is 26.1 Å². The quantitative estimate of drug-likeness (QED) is 0.728. The smallest absolute Gasteiger partial charge is 0.251 e. The molecular weight excluding hydrogens is 180 g/mol. The Labute approximate surface area is 83.1 Å². The molecule has 0 unspecified atom stereocenters. The number of amides is 1. The zero-order chi connectivity index (χ0) is 10.4. The van der Waals surface area contributed by atoms with E-state index in [2.05, 4.69) is 5.32 Å². The van der Waals surface area contributed by atoms with E-state index in [-0.39, 0.29) is 5.91 Å². The maximum atomic E-state index is 11.4. The molecule has 4 heteroatoms. The summed E-state index contributed by atoms with van der Waals surface area (Å²) in [6, 6.07) is 6.98. The number of nitrogens with one attached hydrogen (secondary N) is 1. The lowest BCUT2D eigenvalue weighted by Crippen LogP contribution is -2.28. The van der Waals surface area contributed by atoms with Crippen LogP contribution in [0.3, 0.4) is 0 Å². The highest BCUT2D eigenvalue weighted by Gasteiger charge is 2.04. The van der Waals surface area contributed by atoms with Gasteiger partial charge in [0.05, 0.1) is 7.11 Å². The SMILES string of the molecule is COc1cccc(C(=O)NCCN)c1. The predicted octanol–water partition coefficient (Wildman–Crippen LogP) is 0.384. The van der Waals surface area contributed by atoms with E-state index in [1.165, 1.54) is 0 Å². The van der Waals surface area contributed by atoms with Crippen molar-refractivity contribution in [2.45, 2.75) is 0 Å². The molecule has 0 aromatic heterocycles. The van der Waals surface area contributed by atoms with Crippen LogP contribution in [0.25, 0.3) is 0 Å². The van der Waals surface area contributed by atoms with E-state index in [1.807, 2.05) is 0 Å². The van der Waals surface area contributed by atoms with Crippen molar-refractivity contribution in [1.82, 2.24) is 5.32 Å². The van der Waals surface area contributed by atoms with E-state index in [0.29, 0.717) is 24.4 Å². The van der Waals surface area contributed by atoms with Gasteiger partial charge in [0.15, 0.2) is 0 Å². The minimum Gasteiger partial charge on any atom is -0.497 e. The second-order valence-electron chi connectivity index (χ2n) is 2.78. The van der Waals surface area contributed by atoms with Crippen LogP contribution in [-0.2, 0) is 0 Å². The summed E-state index contributed by atoms with van der Waals surface area (Å²) in [5.74, 6) is 0.541. The third-order valence-electron chi connectivity index (χ3n) is 1.76. The van der Waals surface area contributed by atoms with Gasteiger partial charge in [-0.1, -0.05) is 6.07 Å². The summed E-state index contributed by atoms with van der Waals surface area (Å²) in [5.41, 5.74) is 5.85. The van der Waals surface area contributed by atoms with Gasteiger partial charge >= 0.3 is 0 Å². The summed E-state index contributed by atoms with van der Waals surface area (Å²) in [5, 5.41) is 2.68. The van der Waals surface area contributed by atoms with Gasteiger partial charge < -0.3 is 15.8 Å². The van der Waals surface area contributed by atoms with Gasteiger partial charge in [-0.25, -0.2) is 0 Å². The topological polar surface area (TPSA) is 64.3 Å². The molecule has 76 valence electrons. The zero-order valence-corrected chi connectivity index (χ0v) is 8.12. The highest BCUT2D eigenvalue weighted by atomic mass is 16.5. The van der Waals surface area contributed by atoms with E-state index < -0.39 is 0 Å². The van der Waals surface area contributed by atoms with Crippen molar-refractivity contribution in [3.8, 4) is 5.75 Å². The number of nitrogens with two attached hydrogens (primary N) is 1. The van der Waals surface area contributed by atoms with E-state index in [1.54, 1.807) is 31.4 Å². The third kappa shape index (κ3) is 2.74. The number of methoxy groups -OCH3 is 1. The summed E-state index contributed by atoms with van der Waals surface area (Å²) >= 11 is 0. The van der Waals surface area contributed by atoms with Crippen molar-refractivity contribution in [1.29, 1.82) is 0 Å². The standard InChI is InChI=1S/C10H14N2O2/c1-14-9-4-2-3-8(7-9)10(13)12-6-5-11/h2-4,7H,5-6,11H2,1H3,(H,12,13). The van der Waals surface area contributed by atoms with Crippen molar-refractivity contribution >= 4 is 5.91 Å². The van der Waals surface area contributed by atoms with Crippen LogP contribution < -0.4 is 15.8 Å². The molecule has 4 nitrogen and oxygen atoms in total. The first-order chi connectivity index (χ1) is 6.77. The Hall–Kier alpha value is -1.55. The first-order valence-corrected chi connectivity index (χ1v) is 4.40. The molecule has 0 fully saturated rings. The second kappa shape index (κ2) is 5.24. The number of benzene rings is 1. The molecule has 0 aliphatic heterocycles. The number of hydrogen-bond donors (Lipinski definition) is 2. The summed E-state index contributed by atoms with van der Waals surface area (Å²) in [7, 11) is 1.57. The number of ether oxygens (including phenoxy) is 1. The monoisotopic (exact) mass is 194 g/mol. The van der Waals surface area contributed by atoms with Crippen LogP contribution in [0.15, 0.2) is 24.3 Å². The summed E-state index contributed by atoms with van der Waals surface area (Å²) < 4.78 is 5.00. The molecule has 1 amide bonds. The van der Waals surface area contributed by atoms with Crippen LogP contribution >= 0.6 is 0 Å². The summed E-state index contributed by atoms with van der Waals surface area (Å²) in [4.78, 5) is 11.4. The van der Waals surface area contributed by atoms with E-state index >= 15 is 0 Å². The van der Waals surface area contributed by atoms with Crippen LogP contribution in [0.1, 0.15) is 10.4 Å². The van der Waals surface area contributed by atoms with E-state index in [4.69, 9.17) is 10.5 Å². The Morgan fingerprint density at radius 1 is 1.57 bits per heavy atom. The molecule has 0 aliphatic rings. The molecule has 0 aliphatic carbocycles. The number of rotatable bonds is 4. The van der Waals surface area contributed by atoms with Crippen molar-refractivity contribution in [2.24, 2.45) is 5.73 Å². The van der Waals surface area contributed by atoms with Gasteiger partial charge in [0.2, 0.25) is 0 Å².